The van der Waals surface area contributed by atoms with Gasteiger partial charge in [-0.15, -0.1) is 0 Å². The molecule has 17 heavy (non-hydrogen) atoms. The van der Waals surface area contributed by atoms with Crippen LogP contribution in [0.15, 0.2) is 29.3 Å². The van der Waals surface area contributed by atoms with Gasteiger partial charge in [0.05, 0.1) is 6.33 Å². The average molecular weight is 236 g/mol. The van der Waals surface area contributed by atoms with Crippen LogP contribution in [-0.2, 0) is 0 Å². The second kappa shape index (κ2) is 4.12. The van der Waals surface area contributed by atoms with Gasteiger partial charge in [0.1, 0.15) is 0 Å². The van der Waals surface area contributed by atoms with Crippen LogP contribution in [0, 0.1) is 5.82 Å². The molecule has 0 aliphatic rings. The lowest BCUT2D eigenvalue weighted by atomic mass is 10.3. The summed E-state index contributed by atoms with van der Waals surface area (Å²) >= 11 is 0. The number of aromatic amines is 1. The molecule has 0 saturated carbocycles. The lowest BCUT2D eigenvalue weighted by molar-refractivity contribution is 0.428. The van der Waals surface area contributed by atoms with Crippen LogP contribution in [-0.4, -0.2) is 9.97 Å². The quantitative estimate of drug-likeness (QED) is 0.670. The number of ether oxygens (including phenoxy) is 1. The highest BCUT2D eigenvalue weighted by molar-refractivity contribution is 5.49. The van der Waals surface area contributed by atoms with Crippen LogP contribution in [0.4, 0.5) is 15.8 Å². The molecule has 0 aliphatic heterocycles. The summed E-state index contributed by atoms with van der Waals surface area (Å²) in [6.07, 6.45) is 1.11. The van der Waals surface area contributed by atoms with Crippen LogP contribution in [0.2, 0.25) is 0 Å². The second-order valence-corrected chi connectivity index (χ2v) is 3.24. The third-order valence-electron chi connectivity index (χ3n) is 2.02. The summed E-state index contributed by atoms with van der Waals surface area (Å²) in [6.45, 7) is 0. The van der Waals surface area contributed by atoms with E-state index in [9.17, 15) is 9.18 Å². The van der Waals surface area contributed by atoms with E-state index in [4.69, 9.17) is 16.2 Å². The highest BCUT2D eigenvalue weighted by atomic mass is 19.1. The van der Waals surface area contributed by atoms with Crippen LogP contribution >= 0.6 is 0 Å². The number of hydrogen-bond acceptors (Lipinski definition) is 5. The van der Waals surface area contributed by atoms with Crippen molar-refractivity contribution in [2.45, 2.75) is 0 Å². The van der Waals surface area contributed by atoms with E-state index in [1.807, 2.05) is 0 Å². The van der Waals surface area contributed by atoms with Crippen molar-refractivity contribution in [3.05, 3.63) is 40.7 Å². The van der Waals surface area contributed by atoms with Gasteiger partial charge in [0.25, 0.3) is 5.56 Å². The molecule has 88 valence electrons. The van der Waals surface area contributed by atoms with Gasteiger partial charge in [-0.05, 0) is 12.1 Å². The monoisotopic (exact) mass is 236 g/mol. The number of aromatic nitrogens is 2. The standard InChI is InChI=1S/C10H9FN4O2/c11-6-3-5(12)1-2-7(6)17-10-8(13)9(16)14-4-15-10/h1-4H,12-13H2,(H,14,15,16). The van der Waals surface area contributed by atoms with Crippen molar-refractivity contribution in [2.75, 3.05) is 11.5 Å². The molecule has 0 aliphatic carbocycles. The third kappa shape index (κ3) is 2.17. The van der Waals surface area contributed by atoms with Crippen LogP contribution in [0.3, 0.4) is 0 Å². The minimum atomic E-state index is -0.661. The van der Waals surface area contributed by atoms with E-state index in [1.54, 1.807) is 0 Å². The zero-order valence-electron chi connectivity index (χ0n) is 8.61. The fourth-order valence-electron chi connectivity index (χ4n) is 1.18. The highest BCUT2D eigenvalue weighted by Crippen LogP contribution is 2.26. The van der Waals surface area contributed by atoms with Gasteiger partial charge < -0.3 is 21.2 Å². The van der Waals surface area contributed by atoms with Gasteiger partial charge >= 0.3 is 0 Å². The fraction of sp³-hybridized carbons (Fsp3) is 0. The molecule has 0 radical (unpaired) electrons. The first-order chi connectivity index (χ1) is 8.08. The van der Waals surface area contributed by atoms with E-state index in [0.29, 0.717) is 0 Å². The van der Waals surface area contributed by atoms with Gasteiger partial charge in [-0.2, -0.15) is 0 Å². The van der Waals surface area contributed by atoms with Crippen molar-refractivity contribution in [1.82, 2.24) is 9.97 Å². The summed E-state index contributed by atoms with van der Waals surface area (Å²) in [7, 11) is 0. The Kier molecular flexibility index (Phi) is 2.65. The van der Waals surface area contributed by atoms with E-state index in [-0.39, 0.29) is 23.0 Å². The molecule has 0 spiro atoms. The van der Waals surface area contributed by atoms with Crippen molar-refractivity contribution in [1.29, 1.82) is 0 Å². The molecule has 0 amide bonds. The summed E-state index contributed by atoms with van der Waals surface area (Å²) in [6, 6.07) is 3.88. The summed E-state index contributed by atoms with van der Waals surface area (Å²) in [5.74, 6) is -0.923. The Labute approximate surface area is 95.0 Å². The predicted molar refractivity (Wildman–Crippen MR) is 60.2 cm³/mol. The van der Waals surface area contributed by atoms with Crippen LogP contribution in [0.5, 0.6) is 11.6 Å². The summed E-state index contributed by atoms with van der Waals surface area (Å²) < 4.78 is 18.5. The van der Waals surface area contributed by atoms with Crippen molar-refractivity contribution in [2.24, 2.45) is 0 Å². The molecular weight excluding hydrogens is 227 g/mol. The Morgan fingerprint density at radius 1 is 1.35 bits per heavy atom. The number of halogens is 1. The number of nitrogens with one attached hydrogen (secondary N) is 1. The van der Waals surface area contributed by atoms with Gasteiger partial charge in [-0.1, -0.05) is 0 Å². The molecule has 7 heteroatoms. The number of nitrogen functional groups attached to an aromatic ring is 2. The van der Waals surface area contributed by atoms with Gasteiger partial charge in [-0.3, -0.25) is 4.79 Å². The van der Waals surface area contributed by atoms with Gasteiger partial charge in [0.15, 0.2) is 17.3 Å². The number of anilines is 2. The zero-order valence-corrected chi connectivity index (χ0v) is 8.61. The number of H-pyrrole nitrogens is 1. The number of nitrogens with zero attached hydrogens (tertiary/aromatic N) is 1. The molecule has 0 unspecified atom stereocenters. The highest BCUT2D eigenvalue weighted by Gasteiger charge is 2.10. The molecule has 6 nitrogen and oxygen atoms in total. The molecular formula is C10H9FN4O2. The minimum absolute atomic E-state index is 0.107. The molecule has 0 fully saturated rings. The van der Waals surface area contributed by atoms with Crippen molar-refractivity contribution < 1.29 is 9.13 Å². The van der Waals surface area contributed by atoms with Crippen molar-refractivity contribution in [3.63, 3.8) is 0 Å². The lowest BCUT2D eigenvalue weighted by Crippen LogP contribution is -2.13. The van der Waals surface area contributed by atoms with Gasteiger partial charge in [0.2, 0.25) is 5.88 Å². The number of rotatable bonds is 2. The number of benzene rings is 1. The summed E-state index contributed by atoms with van der Waals surface area (Å²) in [4.78, 5) is 17.1. The molecule has 0 bridgehead atoms. The first kappa shape index (κ1) is 10.9. The molecule has 2 rings (SSSR count). The molecule has 1 aromatic heterocycles. The molecule has 0 atom stereocenters. The Balaban J connectivity index is 2.38. The maximum Gasteiger partial charge on any atom is 0.277 e. The maximum atomic E-state index is 13.4. The Bertz CT molecular complexity index is 611. The average Bonchev–Trinajstić information content (AvgIpc) is 2.28. The normalized spacial score (nSPS) is 10.2. The smallest absolute Gasteiger partial charge is 0.277 e. The van der Waals surface area contributed by atoms with Crippen LogP contribution < -0.4 is 21.8 Å². The third-order valence-corrected chi connectivity index (χ3v) is 2.02. The number of nitrogens with two attached hydrogens (primary N) is 2. The maximum absolute atomic E-state index is 13.4. The largest absolute Gasteiger partial charge is 0.434 e. The topological polar surface area (TPSA) is 107 Å². The van der Waals surface area contributed by atoms with E-state index in [1.165, 1.54) is 12.1 Å². The fourth-order valence-corrected chi connectivity index (χ4v) is 1.18. The van der Waals surface area contributed by atoms with Crippen molar-refractivity contribution in [3.8, 4) is 11.6 Å². The zero-order chi connectivity index (χ0) is 12.4. The first-order valence-corrected chi connectivity index (χ1v) is 4.64. The second-order valence-electron chi connectivity index (χ2n) is 3.24. The van der Waals surface area contributed by atoms with E-state index >= 15 is 0 Å². The molecule has 1 heterocycles. The molecule has 1 aromatic carbocycles. The van der Waals surface area contributed by atoms with Crippen molar-refractivity contribution >= 4 is 11.4 Å². The Morgan fingerprint density at radius 3 is 2.82 bits per heavy atom. The van der Waals surface area contributed by atoms with E-state index in [2.05, 4.69) is 9.97 Å². The predicted octanol–water partition coefficient (Wildman–Crippen LogP) is 0.866. The lowest BCUT2D eigenvalue weighted by Gasteiger charge is -2.07. The SMILES string of the molecule is Nc1ccc(Oc2nc[nH]c(=O)c2N)c(F)c1. The summed E-state index contributed by atoms with van der Waals surface area (Å²) in [5, 5.41) is 0. The Hall–Kier alpha value is -2.57. The Morgan fingerprint density at radius 2 is 2.12 bits per heavy atom. The minimum Gasteiger partial charge on any atom is -0.434 e. The van der Waals surface area contributed by atoms with Gasteiger partial charge in [-0.25, -0.2) is 9.37 Å². The van der Waals surface area contributed by atoms with Gasteiger partial charge in [0, 0.05) is 11.8 Å². The van der Waals surface area contributed by atoms with E-state index in [0.717, 1.165) is 12.4 Å². The number of hydrogen-bond donors (Lipinski definition) is 3. The van der Waals surface area contributed by atoms with E-state index < -0.39 is 11.4 Å². The molecule has 5 N–H and O–H groups in total. The molecule has 2 aromatic rings. The molecule has 0 saturated heterocycles. The van der Waals surface area contributed by atoms with Crippen LogP contribution in [0.1, 0.15) is 0 Å². The summed E-state index contributed by atoms with van der Waals surface area (Å²) in [5.41, 5.74) is 10.3. The first-order valence-electron chi connectivity index (χ1n) is 4.64. The van der Waals surface area contributed by atoms with Crippen LogP contribution in [0.25, 0.3) is 0 Å².